The zero-order valence-corrected chi connectivity index (χ0v) is 10.4. The molecular formula is C11H14ClNO2S. The first-order chi connectivity index (χ1) is 7.55. The third-order valence-electron chi connectivity index (χ3n) is 2.63. The number of rotatable bonds is 4. The third kappa shape index (κ3) is 3.20. The van der Waals surface area contributed by atoms with Crippen LogP contribution in [0.2, 0.25) is 5.02 Å². The van der Waals surface area contributed by atoms with Gasteiger partial charge in [-0.25, -0.2) is 8.42 Å². The van der Waals surface area contributed by atoms with Crippen LogP contribution in [0.4, 0.5) is 0 Å². The zero-order chi connectivity index (χ0) is 11.6. The molecule has 1 aromatic carbocycles. The molecule has 0 bridgehead atoms. The van der Waals surface area contributed by atoms with Gasteiger partial charge in [-0.15, -0.1) is 0 Å². The van der Waals surface area contributed by atoms with Crippen molar-refractivity contribution >= 4 is 21.4 Å². The molecule has 0 aliphatic carbocycles. The monoisotopic (exact) mass is 259 g/mol. The maximum absolute atomic E-state index is 11.8. The molecule has 88 valence electrons. The van der Waals surface area contributed by atoms with E-state index >= 15 is 0 Å². The second kappa shape index (κ2) is 4.73. The Labute approximate surface area is 101 Å². The fourth-order valence-electron chi connectivity index (χ4n) is 1.77. The van der Waals surface area contributed by atoms with Crippen LogP contribution in [0.3, 0.4) is 0 Å². The number of halogens is 1. The second-order valence-electron chi connectivity index (χ2n) is 4.21. The summed E-state index contributed by atoms with van der Waals surface area (Å²) in [4.78, 5) is 0. The predicted molar refractivity (Wildman–Crippen MR) is 65.3 cm³/mol. The van der Waals surface area contributed by atoms with Gasteiger partial charge in [-0.2, -0.15) is 0 Å². The lowest BCUT2D eigenvalue weighted by atomic mass is 10.1. The quantitative estimate of drug-likeness (QED) is 0.891. The Hall–Kier alpha value is -0.580. The second-order valence-corrected chi connectivity index (χ2v) is 6.75. The van der Waals surface area contributed by atoms with E-state index in [2.05, 4.69) is 5.32 Å². The predicted octanol–water partition coefficient (Wildman–Crippen LogP) is 1.47. The highest BCUT2D eigenvalue weighted by atomic mass is 35.5. The van der Waals surface area contributed by atoms with E-state index in [1.54, 1.807) is 24.3 Å². The number of sulfone groups is 1. The molecule has 1 N–H and O–H groups in total. The Morgan fingerprint density at radius 1 is 1.38 bits per heavy atom. The van der Waals surface area contributed by atoms with E-state index in [9.17, 15) is 8.42 Å². The van der Waals surface area contributed by atoms with Crippen LogP contribution in [0.1, 0.15) is 5.56 Å². The Bertz CT molecular complexity index is 469. The van der Waals surface area contributed by atoms with E-state index in [4.69, 9.17) is 11.6 Å². The van der Waals surface area contributed by atoms with Gasteiger partial charge in [-0.05, 0) is 23.6 Å². The van der Waals surface area contributed by atoms with Gasteiger partial charge in [0.2, 0.25) is 0 Å². The zero-order valence-electron chi connectivity index (χ0n) is 8.82. The molecule has 0 saturated carbocycles. The lowest BCUT2D eigenvalue weighted by Gasteiger charge is -2.26. The highest BCUT2D eigenvalue weighted by molar-refractivity contribution is 7.90. The van der Waals surface area contributed by atoms with Crippen LogP contribution in [0.15, 0.2) is 24.3 Å². The standard InChI is InChI=1S/C11H14ClNO2S/c12-11-3-1-2-9(4-11)7-16(14,15)8-10-5-13-6-10/h1-4,10,13H,5-8H2. The molecule has 16 heavy (non-hydrogen) atoms. The van der Waals surface area contributed by atoms with Gasteiger partial charge in [0.25, 0.3) is 0 Å². The van der Waals surface area contributed by atoms with Crippen molar-refractivity contribution in [3.05, 3.63) is 34.9 Å². The maximum atomic E-state index is 11.8. The number of hydrogen-bond acceptors (Lipinski definition) is 3. The average molecular weight is 260 g/mol. The molecule has 0 radical (unpaired) electrons. The lowest BCUT2D eigenvalue weighted by Crippen LogP contribution is -2.45. The minimum Gasteiger partial charge on any atom is -0.316 e. The van der Waals surface area contributed by atoms with E-state index < -0.39 is 9.84 Å². The first-order valence-electron chi connectivity index (χ1n) is 5.21. The molecule has 1 saturated heterocycles. The molecule has 5 heteroatoms. The Balaban J connectivity index is 2.02. The molecule has 1 aromatic rings. The minimum atomic E-state index is -3.01. The van der Waals surface area contributed by atoms with Gasteiger partial charge < -0.3 is 5.32 Å². The molecule has 0 atom stereocenters. The largest absolute Gasteiger partial charge is 0.316 e. The summed E-state index contributed by atoms with van der Waals surface area (Å²) in [5, 5.41) is 3.65. The van der Waals surface area contributed by atoms with Crippen LogP contribution in [-0.2, 0) is 15.6 Å². The van der Waals surface area contributed by atoms with Gasteiger partial charge in [0.15, 0.2) is 9.84 Å². The van der Waals surface area contributed by atoms with E-state index in [-0.39, 0.29) is 17.4 Å². The van der Waals surface area contributed by atoms with Crippen molar-refractivity contribution in [1.82, 2.24) is 5.32 Å². The van der Waals surface area contributed by atoms with Gasteiger partial charge in [0.1, 0.15) is 0 Å². The fraction of sp³-hybridized carbons (Fsp3) is 0.455. The summed E-state index contributed by atoms with van der Waals surface area (Å²) < 4.78 is 23.7. The van der Waals surface area contributed by atoms with Crippen LogP contribution >= 0.6 is 11.6 Å². The average Bonchev–Trinajstić information content (AvgIpc) is 2.11. The molecule has 1 heterocycles. The van der Waals surface area contributed by atoms with Crippen molar-refractivity contribution in [1.29, 1.82) is 0 Å². The molecule has 1 fully saturated rings. The van der Waals surface area contributed by atoms with Crippen LogP contribution in [0.5, 0.6) is 0 Å². The molecule has 2 rings (SSSR count). The highest BCUT2D eigenvalue weighted by Gasteiger charge is 2.24. The van der Waals surface area contributed by atoms with Gasteiger partial charge in [0.05, 0.1) is 11.5 Å². The van der Waals surface area contributed by atoms with Crippen molar-refractivity contribution in [2.24, 2.45) is 5.92 Å². The number of hydrogen-bond donors (Lipinski definition) is 1. The highest BCUT2D eigenvalue weighted by Crippen LogP contribution is 2.16. The summed E-state index contributed by atoms with van der Waals surface area (Å²) in [5.74, 6) is 0.639. The van der Waals surface area contributed by atoms with Gasteiger partial charge in [-0.1, -0.05) is 23.7 Å². The molecule has 1 aliphatic heterocycles. The summed E-state index contributed by atoms with van der Waals surface area (Å²) in [6.07, 6.45) is 0. The molecular weight excluding hydrogens is 246 g/mol. The van der Waals surface area contributed by atoms with E-state index in [1.807, 2.05) is 0 Å². The first kappa shape index (κ1) is 11.9. The molecule has 1 aliphatic rings. The van der Waals surface area contributed by atoms with Crippen molar-refractivity contribution in [3.63, 3.8) is 0 Å². The summed E-state index contributed by atoms with van der Waals surface area (Å²) >= 11 is 5.81. The van der Waals surface area contributed by atoms with Crippen molar-refractivity contribution in [3.8, 4) is 0 Å². The van der Waals surface area contributed by atoms with Crippen molar-refractivity contribution in [2.75, 3.05) is 18.8 Å². The van der Waals surface area contributed by atoms with Crippen molar-refractivity contribution in [2.45, 2.75) is 5.75 Å². The minimum absolute atomic E-state index is 0.0874. The molecule has 0 aromatic heterocycles. The summed E-state index contributed by atoms with van der Waals surface area (Å²) in [5.41, 5.74) is 0.764. The van der Waals surface area contributed by atoms with E-state index in [0.29, 0.717) is 5.02 Å². The van der Waals surface area contributed by atoms with E-state index in [1.165, 1.54) is 0 Å². The van der Waals surface area contributed by atoms with Gasteiger partial charge in [0, 0.05) is 18.1 Å². The maximum Gasteiger partial charge on any atom is 0.154 e. The molecule has 3 nitrogen and oxygen atoms in total. The van der Waals surface area contributed by atoms with Gasteiger partial charge in [-0.3, -0.25) is 0 Å². The van der Waals surface area contributed by atoms with Crippen LogP contribution < -0.4 is 5.32 Å². The Kier molecular flexibility index (Phi) is 3.52. The van der Waals surface area contributed by atoms with Crippen molar-refractivity contribution < 1.29 is 8.42 Å². The molecule has 0 amide bonds. The lowest BCUT2D eigenvalue weighted by molar-refractivity contribution is 0.378. The Morgan fingerprint density at radius 3 is 2.69 bits per heavy atom. The van der Waals surface area contributed by atoms with Crippen LogP contribution in [0, 0.1) is 5.92 Å². The van der Waals surface area contributed by atoms with Crippen LogP contribution in [-0.4, -0.2) is 27.3 Å². The summed E-state index contributed by atoms with van der Waals surface area (Å²) in [6.45, 7) is 1.63. The SMILES string of the molecule is O=S(=O)(Cc1cccc(Cl)c1)CC1CNC1. The van der Waals surface area contributed by atoms with Crippen LogP contribution in [0.25, 0.3) is 0 Å². The molecule has 0 spiro atoms. The first-order valence-corrected chi connectivity index (χ1v) is 7.41. The fourth-order valence-corrected chi connectivity index (χ4v) is 3.74. The summed E-state index contributed by atoms with van der Waals surface area (Å²) in [7, 11) is -3.01. The number of benzene rings is 1. The van der Waals surface area contributed by atoms with Gasteiger partial charge >= 0.3 is 0 Å². The van der Waals surface area contributed by atoms with E-state index in [0.717, 1.165) is 18.7 Å². The normalized spacial score (nSPS) is 17.1. The smallest absolute Gasteiger partial charge is 0.154 e. The topological polar surface area (TPSA) is 46.2 Å². The third-order valence-corrected chi connectivity index (χ3v) is 4.62. The summed E-state index contributed by atoms with van der Waals surface area (Å²) in [6, 6.07) is 7.02. The Morgan fingerprint density at radius 2 is 2.12 bits per heavy atom. The number of nitrogens with one attached hydrogen (secondary N) is 1. The molecule has 0 unspecified atom stereocenters.